The molecule has 2 heterocycles. The first-order valence-corrected chi connectivity index (χ1v) is 8.19. The molecule has 5 nitrogen and oxygen atoms in total. The second-order valence-electron chi connectivity index (χ2n) is 5.83. The van der Waals surface area contributed by atoms with E-state index in [2.05, 4.69) is 10.3 Å². The van der Waals surface area contributed by atoms with E-state index in [0.717, 1.165) is 11.3 Å². The maximum atomic E-state index is 12.5. The normalized spacial score (nSPS) is 17.2. The lowest BCUT2D eigenvalue weighted by Gasteiger charge is -2.18. The number of para-hydroxylation sites is 1. The highest BCUT2D eigenvalue weighted by atomic mass is 35.5. The summed E-state index contributed by atoms with van der Waals surface area (Å²) in [5, 5.41) is 3.34. The molecule has 1 aromatic carbocycles. The quantitative estimate of drug-likeness (QED) is 0.927. The zero-order valence-corrected chi connectivity index (χ0v) is 14.1. The largest absolute Gasteiger partial charge is 0.344 e. The SMILES string of the molecule is Cc1ccc(CC(=O)N[C@@H]2CCN(c3ccccc3Cl)C2=O)cn1. The number of nitrogens with one attached hydrogen (secondary N) is 1. The van der Waals surface area contributed by atoms with Gasteiger partial charge >= 0.3 is 0 Å². The molecule has 0 aliphatic carbocycles. The fourth-order valence-corrected chi connectivity index (χ4v) is 3.00. The minimum absolute atomic E-state index is 0.126. The predicted octanol–water partition coefficient (Wildman–Crippen LogP) is 2.51. The molecule has 0 unspecified atom stereocenters. The number of anilines is 1. The monoisotopic (exact) mass is 343 g/mol. The van der Waals surface area contributed by atoms with Gasteiger partial charge in [-0.05, 0) is 37.1 Å². The van der Waals surface area contributed by atoms with Crippen LogP contribution < -0.4 is 10.2 Å². The summed E-state index contributed by atoms with van der Waals surface area (Å²) in [4.78, 5) is 30.5. The molecule has 124 valence electrons. The third-order valence-electron chi connectivity index (χ3n) is 4.02. The lowest BCUT2D eigenvalue weighted by Crippen LogP contribution is -2.42. The molecule has 1 aromatic heterocycles. The van der Waals surface area contributed by atoms with Crippen molar-refractivity contribution in [3.05, 3.63) is 58.9 Å². The number of aromatic nitrogens is 1. The van der Waals surface area contributed by atoms with Crippen molar-refractivity contribution in [2.24, 2.45) is 0 Å². The van der Waals surface area contributed by atoms with Crippen LogP contribution in [0.25, 0.3) is 0 Å². The molecule has 3 rings (SSSR count). The van der Waals surface area contributed by atoms with Gasteiger partial charge in [-0.1, -0.05) is 29.8 Å². The standard InChI is InChI=1S/C18H18ClN3O2/c1-12-6-7-13(11-20-12)10-17(23)21-15-8-9-22(18(15)24)16-5-3-2-4-14(16)19/h2-7,11,15H,8-10H2,1H3,(H,21,23)/t15-/m1/s1. The van der Waals surface area contributed by atoms with Crippen molar-refractivity contribution < 1.29 is 9.59 Å². The molecule has 2 aromatic rings. The summed E-state index contributed by atoms with van der Waals surface area (Å²) in [6.07, 6.45) is 2.46. The van der Waals surface area contributed by atoms with Crippen LogP contribution in [0.5, 0.6) is 0 Å². The van der Waals surface area contributed by atoms with E-state index in [0.29, 0.717) is 23.7 Å². The van der Waals surface area contributed by atoms with E-state index in [1.807, 2.05) is 37.3 Å². The first-order chi connectivity index (χ1) is 11.5. The van der Waals surface area contributed by atoms with E-state index in [4.69, 9.17) is 11.6 Å². The number of amides is 2. The Kier molecular flexibility index (Phi) is 4.81. The number of aryl methyl sites for hydroxylation is 1. The summed E-state index contributed by atoms with van der Waals surface area (Å²) < 4.78 is 0. The highest BCUT2D eigenvalue weighted by Crippen LogP contribution is 2.28. The Morgan fingerprint density at radius 3 is 2.83 bits per heavy atom. The van der Waals surface area contributed by atoms with Crippen molar-refractivity contribution in [1.82, 2.24) is 10.3 Å². The van der Waals surface area contributed by atoms with Gasteiger partial charge in [0.1, 0.15) is 6.04 Å². The average molecular weight is 344 g/mol. The third-order valence-corrected chi connectivity index (χ3v) is 4.34. The molecule has 1 N–H and O–H groups in total. The number of carbonyl (C=O) groups is 2. The van der Waals surface area contributed by atoms with Gasteiger partial charge in [-0.15, -0.1) is 0 Å². The van der Waals surface area contributed by atoms with Gasteiger partial charge < -0.3 is 10.2 Å². The molecule has 0 spiro atoms. The second kappa shape index (κ2) is 7.01. The van der Waals surface area contributed by atoms with Gasteiger partial charge in [0.25, 0.3) is 0 Å². The molecule has 6 heteroatoms. The first kappa shape index (κ1) is 16.5. The van der Waals surface area contributed by atoms with Gasteiger partial charge in [0.05, 0.1) is 17.1 Å². The van der Waals surface area contributed by atoms with Gasteiger partial charge in [0.15, 0.2) is 0 Å². The van der Waals surface area contributed by atoms with Crippen molar-refractivity contribution in [2.45, 2.75) is 25.8 Å². The highest BCUT2D eigenvalue weighted by molar-refractivity contribution is 6.34. The number of benzene rings is 1. The molecule has 1 fully saturated rings. The molecule has 1 aliphatic rings. The van der Waals surface area contributed by atoms with Gasteiger partial charge in [-0.3, -0.25) is 14.6 Å². The lowest BCUT2D eigenvalue weighted by atomic mass is 10.1. The number of nitrogens with zero attached hydrogens (tertiary/aromatic N) is 2. The summed E-state index contributed by atoms with van der Waals surface area (Å²) in [5.74, 6) is -0.307. The third kappa shape index (κ3) is 3.57. The molecule has 24 heavy (non-hydrogen) atoms. The van der Waals surface area contributed by atoms with Crippen LogP contribution in [0.3, 0.4) is 0 Å². The summed E-state index contributed by atoms with van der Waals surface area (Å²) in [7, 11) is 0. The van der Waals surface area contributed by atoms with Gasteiger partial charge in [-0.25, -0.2) is 0 Å². The molecule has 0 radical (unpaired) electrons. The van der Waals surface area contributed by atoms with Gasteiger partial charge in [-0.2, -0.15) is 0 Å². The Balaban J connectivity index is 1.62. The highest BCUT2D eigenvalue weighted by Gasteiger charge is 2.34. The Bertz CT molecular complexity index is 761. The Labute approximate surface area is 145 Å². The van der Waals surface area contributed by atoms with Crippen LogP contribution in [-0.4, -0.2) is 29.4 Å². The van der Waals surface area contributed by atoms with Crippen LogP contribution in [0.15, 0.2) is 42.6 Å². The van der Waals surface area contributed by atoms with Crippen molar-refractivity contribution in [3.8, 4) is 0 Å². The Morgan fingerprint density at radius 1 is 1.33 bits per heavy atom. The minimum Gasteiger partial charge on any atom is -0.344 e. The van der Waals surface area contributed by atoms with Crippen molar-refractivity contribution in [2.75, 3.05) is 11.4 Å². The summed E-state index contributed by atoms with van der Waals surface area (Å²) in [6, 6.07) is 10.4. The lowest BCUT2D eigenvalue weighted by molar-refractivity contribution is -0.126. The zero-order chi connectivity index (χ0) is 17.1. The Morgan fingerprint density at radius 2 is 2.12 bits per heavy atom. The van der Waals surface area contributed by atoms with E-state index in [1.54, 1.807) is 17.2 Å². The van der Waals surface area contributed by atoms with Crippen molar-refractivity contribution >= 4 is 29.1 Å². The summed E-state index contributed by atoms with van der Waals surface area (Å²) in [5.41, 5.74) is 2.41. The average Bonchev–Trinajstić information content (AvgIpc) is 2.91. The van der Waals surface area contributed by atoms with E-state index in [1.165, 1.54) is 0 Å². The van der Waals surface area contributed by atoms with Crippen molar-refractivity contribution in [3.63, 3.8) is 0 Å². The summed E-state index contributed by atoms with van der Waals surface area (Å²) in [6.45, 7) is 2.43. The maximum Gasteiger partial charge on any atom is 0.249 e. The molecule has 0 saturated carbocycles. The van der Waals surface area contributed by atoms with E-state index >= 15 is 0 Å². The maximum absolute atomic E-state index is 12.5. The van der Waals surface area contributed by atoms with Crippen LogP contribution >= 0.6 is 11.6 Å². The van der Waals surface area contributed by atoms with Crippen molar-refractivity contribution in [1.29, 1.82) is 0 Å². The number of hydrogen-bond acceptors (Lipinski definition) is 3. The molecule has 1 aliphatic heterocycles. The molecular formula is C18H18ClN3O2. The number of hydrogen-bond donors (Lipinski definition) is 1. The topological polar surface area (TPSA) is 62.3 Å². The molecule has 1 saturated heterocycles. The van der Waals surface area contributed by atoms with Crippen LogP contribution in [0.2, 0.25) is 5.02 Å². The number of halogens is 1. The first-order valence-electron chi connectivity index (χ1n) is 7.81. The number of carbonyl (C=O) groups excluding carboxylic acids is 2. The van der Waals surface area contributed by atoms with E-state index < -0.39 is 6.04 Å². The van der Waals surface area contributed by atoms with Crippen LogP contribution in [0.4, 0.5) is 5.69 Å². The van der Waals surface area contributed by atoms with Crippen LogP contribution in [0.1, 0.15) is 17.7 Å². The number of rotatable bonds is 4. The van der Waals surface area contributed by atoms with Crippen LogP contribution in [-0.2, 0) is 16.0 Å². The smallest absolute Gasteiger partial charge is 0.249 e. The molecule has 2 amide bonds. The minimum atomic E-state index is -0.507. The van der Waals surface area contributed by atoms with E-state index in [9.17, 15) is 9.59 Å². The number of pyridine rings is 1. The van der Waals surface area contributed by atoms with Gasteiger partial charge in [0, 0.05) is 18.4 Å². The molecular weight excluding hydrogens is 326 g/mol. The zero-order valence-electron chi connectivity index (χ0n) is 13.3. The fraction of sp³-hybridized carbons (Fsp3) is 0.278. The van der Waals surface area contributed by atoms with Crippen LogP contribution in [0, 0.1) is 6.92 Å². The fourth-order valence-electron chi connectivity index (χ4n) is 2.76. The van der Waals surface area contributed by atoms with E-state index in [-0.39, 0.29) is 18.2 Å². The Hall–Kier alpha value is -2.40. The predicted molar refractivity (Wildman–Crippen MR) is 93.0 cm³/mol. The van der Waals surface area contributed by atoms with Gasteiger partial charge in [0.2, 0.25) is 11.8 Å². The molecule has 0 bridgehead atoms. The summed E-state index contributed by atoms with van der Waals surface area (Å²) >= 11 is 6.15. The second-order valence-corrected chi connectivity index (χ2v) is 6.24. The molecule has 1 atom stereocenters.